The summed E-state index contributed by atoms with van der Waals surface area (Å²) >= 11 is 0. The highest BCUT2D eigenvalue weighted by atomic mass is 16.1. The Hall–Kier alpha value is -1.62. The Kier molecular flexibility index (Phi) is 4.95. The van der Waals surface area contributed by atoms with Gasteiger partial charge in [0.05, 0.1) is 5.56 Å². The number of primary amides is 1. The average Bonchev–Trinajstić information content (AvgIpc) is 2.45. The third kappa shape index (κ3) is 3.10. The smallest absolute Gasteiger partial charge is 0.252 e. The van der Waals surface area contributed by atoms with E-state index in [9.17, 15) is 4.79 Å². The second-order valence-electron chi connectivity index (χ2n) is 5.38. The van der Waals surface area contributed by atoms with Crippen LogP contribution in [-0.2, 0) is 0 Å². The standard InChI is InChI=1S/C15H24N4O/c1-3-9-19(12-5-4-7-17-10-12)15-13(14(16)20)11(2)6-8-18-15/h6,8,12,17H,3-5,7,9-10H2,1-2H3,(H2,16,20). The number of rotatable bonds is 5. The number of anilines is 1. The molecule has 20 heavy (non-hydrogen) atoms. The van der Waals surface area contributed by atoms with Gasteiger partial charge in [-0.15, -0.1) is 0 Å². The number of aryl methyl sites for hydroxylation is 1. The third-order valence-electron chi connectivity index (χ3n) is 3.83. The van der Waals surface area contributed by atoms with E-state index in [0.29, 0.717) is 11.6 Å². The maximum absolute atomic E-state index is 11.8. The lowest BCUT2D eigenvalue weighted by molar-refractivity contribution is 0.0999. The Morgan fingerprint density at radius 2 is 2.40 bits per heavy atom. The van der Waals surface area contributed by atoms with Crippen molar-refractivity contribution < 1.29 is 4.79 Å². The van der Waals surface area contributed by atoms with Gasteiger partial charge in [-0.05, 0) is 44.4 Å². The summed E-state index contributed by atoms with van der Waals surface area (Å²) in [5.41, 5.74) is 7.01. The highest BCUT2D eigenvalue weighted by Crippen LogP contribution is 2.25. The van der Waals surface area contributed by atoms with Crippen LogP contribution in [0.3, 0.4) is 0 Å². The van der Waals surface area contributed by atoms with Crippen LogP contribution in [0.1, 0.15) is 42.1 Å². The first-order valence-electron chi connectivity index (χ1n) is 7.38. The summed E-state index contributed by atoms with van der Waals surface area (Å²) < 4.78 is 0. The van der Waals surface area contributed by atoms with Crippen LogP contribution in [0.4, 0.5) is 5.82 Å². The molecule has 0 radical (unpaired) electrons. The molecule has 1 aromatic rings. The molecule has 0 saturated carbocycles. The number of nitrogens with zero attached hydrogens (tertiary/aromatic N) is 2. The molecule has 1 saturated heterocycles. The molecule has 3 N–H and O–H groups in total. The number of hydrogen-bond acceptors (Lipinski definition) is 4. The van der Waals surface area contributed by atoms with Crippen molar-refractivity contribution in [2.45, 2.75) is 39.2 Å². The van der Waals surface area contributed by atoms with Crippen molar-refractivity contribution in [3.63, 3.8) is 0 Å². The zero-order chi connectivity index (χ0) is 14.5. The average molecular weight is 276 g/mol. The van der Waals surface area contributed by atoms with Gasteiger partial charge in [0, 0.05) is 25.3 Å². The zero-order valence-corrected chi connectivity index (χ0v) is 12.4. The summed E-state index contributed by atoms with van der Waals surface area (Å²) in [5.74, 6) is 0.350. The van der Waals surface area contributed by atoms with Gasteiger partial charge in [0.2, 0.25) is 0 Å². The third-order valence-corrected chi connectivity index (χ3v) is 3.83. The van der Waals surface area contributed by atoms with Crippen LogP contribution < -0.4 is 16.0 Å². The van der Waals surface area contributed by atoms with Crippen LogP contribution in [0.5, 0.6) is 0 Å². The minimum atomic E-state index is -0.393. The molecule has 2 rings (SSSR count). The molecule has 1 aromatic heterocycles. The molecule has 0 aliphatic carbocycles. The number of hydrogen-bond donors (Lipinski definition) is 2. The summed E-state index contributed by atoms with van der Waals surface area (Å²) in [4.78, 5) is 18.5. The van der Waals surface area contributed by atoms with Crippen LogP contribution >= 0.6 is 0 Å². The number of nitrogens with one attached hydrogen (secondary N) is 1. The normalized spacial score (nSPS) is 18.8. The van der Waals surface area contributed by atoms with Gasteiger partial charge < -0.3 is 16.0 Å². The van der Waals surface area contributed by atoms with E-state index in [1.165, 1.54) is 0 Å². The molecular weight excluding hydrogens is 252 g/mol. The van der Waals surface area contributed by atoms with Gasteiger partial charge in [0.25, 0.3) is 5.91 Å². The van der Waals surface area contributed by atoms with Crippen molar-refractivity contribution in [3.05, 3.63) is 23.4 Å². The summed E-state index contributed by atoms with van der Waals surface area (Å²) in [7, 11) is 0. The molecule has 0 spiro atoms. The SMILES string of the molecule is CCCN(c1nccc(C)c1C(N)=O)C1CCCNC1. The molecule has 1 aliphatic heterocycles. The number of pyridine rings is 1. The van der Waals surface area contributed by atoms with E-state index in [-0.39, 0.29) is 0 Å². The molecule has 5 nitrogen and oxygen atoms in total. The quantitative estimate of drug-likeness (QED) is 0.854. The van der Waals surface area contributed by atoms with Crippen molar-refractivity contribution in [2.75, 3.05) is 24.5 Å². The highest BCUT2D eigenvalue weighted by Gasteiger charge is 2.25. The van der Waals surface area contributed by atoms with Crippen molar-refractivity contribution in [1.82, 2.24) is 10.3 Å². The number of amides is 1. The van der Waals surface area contributed by atoms with Gasteiger partial charge in [0.15, 0.2) is 0 Å². The van der Waals surface area contributed by atoms with Gasteiger partial charge in [-0.25, -0.2) is 4.98 Å². The number of aromatic nitrogens is 1. The summed E-state index contributed by atoms with van der Waals surface area (Å²) in [6.07, 6.45) is 5.06. The van der Waals surface area contributed by atoms with Gasteiger partial charge >= 0.3 is 0 Å². The van der Waals surface area contributed by atoms with E-state index in [4.69, 9.17) is 5.73 Å². The fourth-order valence-corrected chi connectivity index (χ4v) is 2.87. The van der Waals surface area contributed by atoms with Crippen LogP contribution in [0.2, 0.25) is 0 Å². The summed E-state index contributed by atoms with van der Waals surface area (Å²) in [6.45, 7) is 6.95. The van der Waals surface area contributed by atoms with E-state index >= 15 is 0 Å². The maximum Gasteiger partial charge on any atom is 0.252 e. The lowest BCUT2D eigenvalue weighted by Gasteiger charge is -2.36. The Balaban J connectivity index is 2.38. The monoisotopic (exact) mass is 276 g/mol. The predicted octanol–water partition coefficient (Wildman–Crippen LogP) is 1.46. The Bertz CT molecular complexity index is 469. The van der Waals surface area contributed by atoms with Crippen molar-refractivity contribution in [2.24, 2.45) is 5.73 Å². The molecule has 0 aromatic carbocycles. The lowest BCUT2D eigenvalue weighted by atomic mass is 10.0. The van der Waals surface area contributed by atoms with Crippen LogP contribution in [0.15, 0.2) is 12.3 Å². The Morgan fingerprint density at radius 3 is 3.00 bits per heavy atom. The fraction of sp³-hybridized carbons (Fsp3) is 0.600. The van der Waals surface area contributed by atoms with Gasteiger partial charge in [0.1, 0.15) is 5.82 Å². The van der Waals surface area contributed by atoms with Gasteiger partial charge in [-0.1, -0.05) is 6.92 Å². The van der Waals surface area contributed by atoms with Gasteiger partial charge in [-0.3, -0.25) is 4.79 Å². The van der Waals surface area contributed by atoms with Crippen LogP contribution in [0, 0.1) is 6.92 Å². The Labute approximate surface area is 120 Å². The van der Waals surface area contributed by atoms with Crippen molar-refractivity contribution in [1.29, 1.82) is 0 Å². The largest absolute Gasteiger partial charge is 0.365 e. The number of nitrogens with two attached hydrogens (primary N) is 1. The van der Waals surface area contributed by atoms with E-state index < -0.39 is 5.91 Å². The molecule has 2 heterocycles. The van der Waals surface area contributed by atoms with Crippen LogP contribution in [-0.4, -0.2) is 36.6 Å². The molecule has 110 valence electrons. The molecule has 1 unspecified atom stereocenters. The van der Waals surface area contributed by atoms with Crippen molar-refractivity contribution in [3.8, 4) is 0 Å². The molecular formula is C15H24N4O. The van der Waals surface area contributed by atoms with E-state index in [0.717, 1.165) is 50.3 Å². The zero-order valence-electron chi connectivity index (χ0n) is 12.4. The van der Waals surface area contributed by atoms with Crippen LogP contribution in [0.25, 0.3) is 0 Å². The summed E-state index contributed by atoms with van der Waals surface area (Å²) in [6, 6.07) is 2.23. The van der Waals surface area contributed by atoms with E-state index in [2.05, 4.69) is 22.1 Å². The molecule has 1 fully saturated rings. The maximum atomic E-state index is 11.8. The number of carbonyl (C=O) groups is 1. The fourth-order valence-electron chi connectivity index (χ4n) is 2.87. The minimum absolute atomic E-state index is 0.385. The first-order chi connectivity index (χ1) is 9.65. The Morgan fingerprint density at radius 1 is 1.60 bits per heavy atom. The predicted molar refractivity (Wildman–Crippen MR) is 81.0 cm³/mol. The number of piperidine rings is 1. The number of carbonyl (C=O) groups excluding carboxylic acids is 1. The second kappa shape index (κ2) is 6.70. The summed E-state index contributed by atoms with van der Waals surface area (Å²) in [5, 5.41) is 3.42. The lowest BCUT2D eigenvalue weighted by Crippen LogP contribution is -2.47. The second-order valence-corrected chi connectivity index (χ2v) is 5.38. The molecule has 1 aliphatic rings. The van der Waals surface area contributed by atoms with E-state index in [1.54, 1.807) is 6.20 Å². The van der Waals surface area contributed by atoms with Crippen molar-refractivity contribution >= 4 is 11.7 Å². The first kappa shape index (κ1) is 14.8. The topological polar surface area (TPSA) is 71.2 Å². The minimum Gasteiger partial charge on any atom is -0.365 e. The van der Waals surface area contributed by atoms with E-state index in [1.807, 2.05) is 13.0 Å². The van der Waals surface area contributed by atoms with Gasteiger partial charge in [-0.2, -0.15) is 0 Å². The molecule has 5 heteroatoms. The molecule has 1 amide bonds. The molecule has 1 atom stereocenters. The first-order valence-corrected chi connectivity index (χ1v) is 7.38. The molecule has 0 bridgehead atoms. The highest BCUT2D eigenvalue weighted by molar-refractivity contribution is 5.99.